The number of hydrogen-bond acceptors (Lipinski definition) is 5. The van der Waals surface area contributed by atoms with Gasteiger partial charge in [-0.25, -0.2) is 4.98 Å². The van der Waals surface area contributed by atoms with Crippen LogP contribution in [0.5, 0.6) is 0 Å². The number of amides is 1. The quantitative estimate of drug-likeness (QED) is 0.366. The predicted molar refractivity (Wildman–Crippen MR) is 106 cm³/mol. The largest absolute Gasteiger partial charge is 0.438 e. The Balaban J connectivity index is 1.76. The summed E-state index contributed by atoms with van der Waals surface area (Å²) >= 11 is 0. The number of benzene rings is 2. The van der Waals surface area contributed by atoms with E-state index in [2.05, 4.69) is 24.1 Å². The summed E-state index contributed by atoms with van der Waals surface area (Å²) < 4.78 is 5.81. The molecule has 1 N–H and O–H groups in total. The van der Waals surface area contributed by atoms with Gasteiger partial charge in [-0.2, -0.15) is 0 Å². The third-order valence-electron chi connectivity index (χ3n) is 4.14. The molecule has 28 heavy (non-hydrogen) atoms. The Labute approximate surface area is 162 Å². The van der Waals surface area contributed by atoms with Crippen LogP contribution in [0.25, 0.3) is 17.2 Å². The summed E-state index contributed by atoms with van der Waals surface area (Å²) in [6, 6.07) is 13.2. The summed E-state index contributed by atoms with van der Waals surface area (Å²) in [4.78, 5) is 27.3. The van der Waals surface area contributed by atoms with E-state index in [4.69, 9.17) is 4.42 Å². The van der Waals surface area contributed by atoms with Crippen molar-refractivity contribution in [3.8, 4) is 0 Å². The number of hydrogen-bond donors (Lipinski definition) is 1. The summed E-state index contributed by atoms with van der Waals surface area (Å²) in [5.74, 6) is 0.465. The molecule has 0 aliphatic heterocycles. The van der Waals surface area contributed by atoms with E-state index < -0.39 is 4.92 Å². The topological polar surface area (TPSA) is 98.3 Å². The fourth-order valence-corrected chi connectivity index (χ4v) is 2.87. The van der Waals surface area contributed by atoms with Crippen LogP contribution in [-0.4, -0.2) is 15.8 Å². The molecule has 0 aliphatic carbocycles. The lowest BCUT2D eigenvalue weighted by atomic mass is 10.0. The number of nitro groups is 1. The molecule has 1 aromatic heterocycles. The molecule has 3 rings (SSSR count). The van der Waals surface area contributed by atoms with Crippen LogP contribution < -0.4 is 5.32 Å². The van der Waals surface area contributed by atoms with Crippen molar-refractivity contribution in [3.63, 3.8) is 0 Å². The van der Waals surface area contributed by atoms with Crippen molar-refractivity contribution in [3.05, 3.63) is 76.2 Å². The van der Waals surface area contributed by atoms with Crippen molar-refractivity contribution in [1.29, 1.82) is 0 Å². The molecule has 3 aromatic rings. The zero-order valence-corrected chi connectivity index (χ0v) is 15.7. The molecule has 7 nitrogen and oxygen atoms in total. The van der Waals surface area contributed by atoms with Gasteiger partial charge < -0.3 is 9.73 Å². The minimum atomic E-state index is -0.469. The van der Waals surface area contributed by atoms with E-state index in [1.54, 1.807) is 18.2 Å². The van der Waals surface area contributed by atoms with E-state index in [0.717, 1.165) is 5.52 Å². The average Bonchev–Trinajstić information content (AvgIpc) is 3.10. The Bertz CT molecular complexity index is 990. The SMILES string of the molecule is CC(C)C[C@H](NC(=O)/C=C/c1cccc([N+](=O)[O-])c1)c1nc2ccccc2o1. The van der Waals surface area contributed by atoms with Crippen molar-refractivity contribution in [2.24, 2.45) is 5.92 Å². The molecule has 0 saturated carbocycles. The number of oxazole rings is 1. The zero-order chi connectivity index (χ0) is 20.1. The number of rotatable bonds is 7. The van der Waals surface area contributed by atoms with Crippen LogP contribution in [0, 0.1) is 16.0 Å². The molecule has 0 fully saturated rings. The molecule has 0 saturated heterocycles. The van der Waals surface area contributed by atoms with E-state index in [1.165, 1.54) is 18.2 Å². The third kappa shape index (κ3) is 4.82. The summed E-state index contributed by atoms with van der Waals surface area (Å²) in [5.41, 5.74) is 1.97. The normalized spacial score (nSPS) is 12.5. The van der Waals surface area contributed by atoms with Gasteiger partial charge in [0.25, 0.3) is 5.69 Å². The second-order valence-electron chi connectivity index (χ2n) is 6.90. The number of nitrogens with zero attached hydrogens (tertiary/aromatic N) is 2. The van der Waals surface area contributed by atoms with Crippen LogP contribution in [0.3, 0.4) is 0 Å². The average molecular weight is 379 g/mol. The minimum absolute atomic E-state index is 0.0216. The Morgan fingerprint density at radius 3 is 2.75 bits per heavy atom. The molecule has 1 heterocycles. The van der Waals surface area contributed by atoms with Crippen LogP contribution in [-0.2, 0) is 4.79 Å². The number of nitro benzene ring substituents is 1. The minimum Gasteiger partial charge on any atom is -0.438 e. The maximum atomic E-state index is 12.4. The smallest absolute Gasteiger partial charge is 0.270 e. The van der Waals surface area contributed by atoms with Crippen LogP contribution in [0.1, 0.15) is 37.8 Å². The zero-order valence-electron chi connectivity index (χ0n) is 15.7. The number of carbonyl (C=O) groups is 1. The Morgan fingerprint density at radius 1 is 1.25 bits per heavy atom. The maximum Gasteiger partial charge on any atom is 0.270 e. The molecule has 2 aromatic carbocycles. The van der Waals surface area contributed by atoms with Crippen molar-refractivity contribution >= 4 is 28.8 Å². The van der Waals surface area contributed by atoms with Gasteiger partial charge in [0.2, 0.25) is 11.8 Å². The number of aromatic nitrogens is 1. The van der Waals surface area contributed by atoms with Crippen molar-refractivity contribution in [2.45, 2.75) is 26.3 Å². The van der Waals surface area contributed by atoms with Gasteiger partial charge in [-0.3, -0.25) is 14.9 Å². The Morgan fingerprint density at radius 2 is 2.04 bits per heavy atom. The molecule has 1 amide bonds. The summed E-state index contributed by atoms with van der Waals surface area (Å²) in [6.45, 7) is 4.11. The fourth-order valence-electron chi connectivity index (χ4n) is 2.87. The molecule has 144 valence electrons. The van der Waals surface area contributed by atoms with Gasteiger partial charge in [-0.05, 0) is 36.1 Å². The molecule has 0 spiro atoms. The number of para-hydroxylation sites is 2. The van der Waals surface area contributed by atoms with Gasteiger partial charge in [-0.15, -0.1) is 0 Å². The van der Waals surface area contributed by atoms with Crippen molar-refractivity contribution < 1.29 is 14.1 Å². The second-order valence-corrected chi connectivity index (χ2v) is 6.90. The summed E-state index contributed by atoms with van der Waals surface area (Å²) in [5, 5.41) is 13.8. The first-order valence-corrected chi connectivity index (χ1v) is 9.01. The van der Waals surface area contributed by atoms with E-state index in [0.29, 0.717) is 29.4 Å². The summed E-state index contributed by atoms with van der Waals surface area (Å²) in [6.07, 6.45) is 3.57. The van der Waals surface area contributed by atoms with E-state index in [9.17, 15) is 14.9 Å². The Kier molecular flexibility index (Phi) is 5.84. The van der Waals surface area contributed by atoms with Crippen LogP contribution in [0.2, 0.25) is 0 Å². The highest BCUT2D eigenvalue weighted by Crippen LogP contribution is 2.25. The van der Waals surface area contributed by atoms with Gasteiger partial charge in [0, 0.05) is 18.2 Å². The molecule has 0 aliphatic rings. The van der Waals surface area contributed by atoms with Gasteiger partial charge >= 0.3 is 0 Å². The van der Waals surface area contributed by atoms with Gasteiger partial charge in [0.05, 0.1) is 4.92 Å². The molecule has 1 atom stereocenters. The maximum absolute atomic E-state index is 12.4. The first-order chi connectivity index (χ1) is 13.4. The summed E-state index contributed by atoms with van der Waals surface area (Å²) in [7, 11) is 0. The van der Waals surface area contributed by atoms with Gasteiger partial charge in [-0.1, -0.05) is 38.1 Å². The van der Waals surface area contributed by atoms with Crippen LogP contribution in [0.4, 0.5) is 5.69 Å². The predicted octanol–water partition coefficient (Wildman–Crippen LogP) is 4.65. The molecular formula is C21H21N3O4. The first-order valence-electron chi connectivity index (χ1n) is 9.01. The Hall–Kier alpha value is -3.48. The number of non-ortho nitro benzene ring substituents is 1. The first kappa shape index (κ1) is 19.3. The lowest BCUT2D eigenvalue weighted by Crippen LogP contribution is -2.28. The van der Waals surface area contributed by atoms with Crippen LogP contribution >= 0.6 is 0 Å². The molecular weight excluding hydrogens is 358 g/mol. The highest BCUT2D eigenvalue weighted by molar-refractivity contribution is 5.92. The number of fused-ring (bicyclic) bond motifs is 1. The number of carbonyl (C=O) groups excluding carboxylic acids is 1. The molecule has 0 radical (unpaired) electrons. The third-order valence-corrected chi connectivity index (χ3v) is 4.14. The van der Waals surface area contributed by atoms with E-state index >= 15 is 0 Å². The van der Waals surface area contributed by atoms with Crippen molar-refractivity contribution in [1.82, 2.24) is 10.3 Å². The monoisotopic (exact) mass is 379 g/mol. The standard InChI is InChI=1S/C21H21N3O4/c1-14(2)12-18(21-23-17-8-3-4-9-19(17)28-21)22-20(25)11-10-15-6-5-7-16(13-15)24(26)27/h3-11,13-14,18H,12H2,1-2H3,(H,22,25)/b11-10+/t18-/m0/s1. The highest BCUT2D eigenvalue weighted by Gasteiger charge is 2.21. The van der Waals surface area contributed by atoms with E-state index in [-0.39, 0.29) is 17.6 Å². The van der Waals surface area contributed by atoms with Crippen molar-refractivity contribution in [2.75, 3.05) is 0 Å². The second kappa shape index (κ2) is 8.47. The van der Waals surface area contributed by atoms with Crippen LogP contribution in [0.15, 0.2) is 59.0 Å². The lowest BCUT2D eigenvalue weighted by molar-refractivity contribution is -0.384. The lowest BCUT2D eigenvalue weighted by Gasteiger charge is -2.16. The molecule has 0 bridgehead atoms. The molecule has 7 heteroatoms. The number of nitrogens with one attached hydrogen (secondary N) is 1. The fraction of sp³-hybridized carbons (Fsp3) is 0.238. The van der Waals surface area contributed by atoms with Gasteiger partial charge in [0.1, 0.15) is 11.6 Å². The highest BCUT2D eigenvalue weighted by atomic mass is 16.6. The molecule has 0 unspecified atom stereocenters. The van der Waals surface area contributed by atoms with E-state index in [1.807, 2.05) is 24.3 Å². The van der Waals surface area contributed by atoms with Gasteiger partial charge in [0.15, 0.2) is 5.58 Å².